The van der Waals surface area contributed by atoms with Crippen LogP contribution in [0, 0.1) is 11.8 Å². The van der Waals surface area contributed by atoms with E-state index in [0.29, 0.717) is 11.8 Å². The summed E-state index contributed by atoms with van der Waals surface area (Å²) in [5.41, 5.74) is 0. The number of nitrogens with zero attached hydrogens (tertiary/aromatic N) is 1. The zero-order valence-electron chi connectivity index (χ0n) is 9.27. The molecule has 0 bridgehead atoms. The van der Waals surface area contributed by atoms with Crippen LogP contribution in [0.2, 0.25) is 0 Å². The molecular weight excluding hydrogens is 190 g/mol. The molecule has 2 aliphatic rings. The maximum atomic E-state index is 11.6. The minimum absolute atomic E-state index is 0.115. The maximum Gasteiger partial charge on any atom is 0.253 e. The molecule has 0 aromatic rings. The van der Waals surface area contributed by atoms with Crippen molar-refractivity contribution < 1.29 is 9.59 Å². The fourth-order valence-electron chi connectivity index (χ4n) is 2.60. The molecule has 1 saturated carbocycles. The van der Waals surface area contributed by atoms with Crippen LogP contribution < -0.4 is 0 Å². The van der Waals surface area contributed by atoms with Crippen molar-refractivity contribution >= 4 is 11.8 Å². The number of carbonyl (C=O) groups excluding carboxylic acids is 2. The molecule has 1 aliphatic carbocycles. The first-order valence-corrected chi connectivity index (χ1v) is 5.65. The molecule has 0 aromatic carbocycles. The lowest BCUT2D eigenvalue weighted by atomic mass is 9.79. The number of carbonyl (C=O) groups is 2. The molecule has 15 heavy (non-hydrogen) atoms. The number of rotatable bonds is 1. The molecule has 1 heterocycles. The zero-order chi connectivity index (χ0) is 11.0. The van der Waals surface area contributed by atoms with E-state index in [-0.39, 0.29) is 17.9 Å². The van der Waals surface area contributed by atoms with Crippen LogP contribution in [0.15, 0.2) is 12.2 Å². The lowest BCUT2D eigenvalue weighted by molar-refractivity contribution is -0.141. The van der Waals surface area contributed by atoms with Crippen molar-refractivity contribution in [3.05, 3.63) is 12.2 Å². The fourth-order valence-corrected chi connectivity index (χ4v) is 2.60. The van der Waals surface area contributed by atoms with E-state index in [9.17, 15) is 9.59 Å². The van der Waals surface area contributed by atoms with Gasteiger partial charge < -0.3 is 0 Å². The van der Waals surface area contributed by atoms with Gasteiger partial charge in [-0.1, -0.05) is 20.3 Å². The van der Waals surface area contributed by atoms with Crippen LogP contribution in [-0.2, 0) is 9.59 Å². The summed E-state index contributed by atoms with van der Waals surface area (Å²) in [6.07, 6.45) is 6.05. The average Bonchev–Trinajstić information content (AvgIpc) is 2.51. The second kappa shape index (κ2) is 3.80. The van der Waals surface area contributed by atoms with Crippen LogP contribution in [0.3, 0.4) is 0 Å². The van der Waals surface area contributed by atoms with Gasteiger partial charge in [0.05, 0.1) is 0 Å². The standard InChI is InChI=1S/C12H17NO2/c1-8-3-4-9(2)10(7-8)13-11(14)5-6-12(13)15/h5-6,8-10H,3-4,7H2,1-2H3. The number of amides is 2. The zero-order valence-corrected chi connectivity index (χ0v) is 9.27. The van der Waals surface area contributed by atoms with Gasteiger partial charge in [-0.3, -0.25) is 14.5 Å². The third-order valence-electron chi connectivity index (χ3n) is 3.59. The first kappa shape index (κ1) is 10.4. The second-order valence-electron chi connectivity index (χ2n) is 4.84. The number of hydrogen-bond acceptors (Lipinski definition) is 2. The lowest BCUT2D eigenvalue weighted by Crippen LogP contribution is -2.46. The van der Waals surface area contributed by atoms with Gasteiger partial charge in [-0.15, -0.1) is 0 Å². The molecule has 2 amide bonds. The molecule has 3 heteroatoms. The van der Waals surface area contributed by atoms with Gasteiger partial charge >= 0.3 is 0 Å². The summed E-state index contributed by atoms with van der Waals surface area (Å²) in [7, 11) is 0. The Morgan fingerprint density at radius 1 is 1.13 bits per heavy atom. The van der Waals surface area contributed by atoms with E-state index in [0.717, 1.165) is 12.8 Å². The molecule has 0 saturated heterocycles. The Kier molecular flexibility index (Phi) is 2.63. The minimum atomic E-state index is -0.133. The van der Waals surface area contributed by atoms with Crippen LogP contribution >= 0.6 is 0 Å². The first-order valence-electron chi connectivity index (χ1n) is 5.65. The van der Waals surface area contributed by atoms with E-state index in [4.69, 9.17) is 0 Å². The Morgan fingerprint density at radius 3 is 2.33 bits per heavy atom. The molecule has 1 fully saturated rings. The molecule has 2 rings (SSSR count). The van der Waals surface area contributed by atoms with Crippen LogP contribution in [0.25, 0.3) is 0 Å². The molecule has 0 spiro atoms. The highest BCUT2D eigenvalue weighted by Crippen LogP contribution is 2.33. The van der Waals surface area contributed by atoms with Gasteiger partial charge in [0.2, 0.25) is 0 Å². The molecule has 0 N–H and O–H groups in total. The molecule has 0 radical (unpaired) electrons. The Morgan fingerprint density at radius 2 is 1.73 bits per heavy atom. The molecule has 82 valence electrons. The van der Waals surface area contributed by atoms with Gasteiger partial charge in [-0.2, -0.15) is 0 Å². The predicted molar refractivity (Wildman–Crippen MR) is 57.0 cm³/mol. The van der Waals surface area contributed by atoms with Gasteiger partial charge in [0, 0.05) is 18.2 Å². The Labute approximate surface area is 90.1 Å². The van der Waals surface area contributed by atoms with Gasteiger partial charge in [0.1, 0.15) is 0 Å². The SMILES string of the molecule is CC1CCC(C)C(N2C(=O)C=CC2=O)C1. The van der Waals surface area contributed by atoms with E-state index >= 15 is 0 Å². The molecule has 0 aromatic heterocycles. The van der Waals surface area contributed by atoms with E-state index in [2.05, 4.69) is 13.8 Å². The second-order valence-corrected chi connectivity index (χ2v) is 4.84. The average molecular weight is 207 g/mol. The minimum Gasteiger partial charge on any atom is -0.272 e. The lowest BCUT2D eigenvalue weighted by Gasteiger charge is -2.37. The number of hydrogen-bond donors (Lipinski definition) is 0. The summed E-state index contributed by atoms with van der Waals surface area (Å²) in [6.45, 7) is 4.33. The smallest absolute Gasteiger partial charge is 0.253 e. The van der Waals surface area contributed by atoms with E-state index in [1.54, 1.807) is 0 Å². The van der Waals surface area contributed by atoms with E-state index in [1.807, 2.05) is 0 Å². The van der Waals surface area contributed by atoms with E-state index in [1.165, 1.54) is 23.5 Å². The molecule has 3 unspecified atom stereocenters. The van der Waals surface area contributed by atoms with Crippen molar-refractivity contribution in [1.82, 2.24) is 4.90 Å². The van der Waals surface area contributed by atoms with Crippen LogP contribution in [0.1, 0.15) is 33.1 Å². The third kappa shape index (κ3) is 1.83. The van der Waals surface area contributed by atoms with Gasteiger partial charge in [-0.25, -0.2) is 0 Å². The van der Waals surface area contributed by atoms with Crippen molar-refractivity contribution in [3.8, 4) is 0 Å². The molecular formula is C12H17NO2. The van der Waals surface area contributed by atoms with Crippen LogP contribution in [0.4, 0.5) is 0 Å². The van der Waals surface area contributed by atoms with Crippen molar-refractivity contribution in [3.63, 3.8) is 0 Å². The summed E-state index contributed by atoms with van der Waals surface area (Å²) in [6, 6.07) is 0.115. The normalized spacial score (nSPS) is 36.4. The van der Waals surface area contributed by atoms with Gasteiger partial charge in [0.25, 0.3) is 11.8 Å². The molecule has 3 atom stereocenters. The summed E-state index contributed by atoms with van der Waals surface area (Å²) in [5, 5.41) is 0. The molecule has 1 aliphatic heterocycles. The van der Waals surface area contributed by atoms with Gasteiger partial charge in [0.15, 0.2) is 0 Å². The Hall–Kier alpha value is -1.12. The van der Waals surface area contributed by atoms with Crippen molar-refractivity contribution in [2.24, 2.45) is 11.8 Å². The third-order valence-corrected chi connectivity index (χ3v) is 3.59. The quantitative estimate of drug-likeness (QED) is 0.614. The summed E-state index contributed by atoms with van der Waals surface area (Å²) < 4.78 is 0. The summed E-state index contributed by atoms with van der Waals surface area (Å²) >= 11 is 0. The van der Waals surface area contributed by atoms with Gasteiger partial charge in [-0.05, 0) is 24.7 Å². The predicted octanol–water partition coefficient (Wildman–Crippen LogP) is 1.74. The summed E-state index contributed by atoms with van der Waals surface area (Å²) in [5.74, 6) is 0.790. The van der Waals surface area contributed by atoms with Crippen LogP contribution in [0.5, 0.6) is 0 Å². The highest BCUT2D eigenvalue weighted by molar-refractivity contribution is 6.13. The Bertz CT molecular complexity index is 304. The van der Waals surface area contributed by atoms with Crippen molar-refractivity contribution in [1.29, 1.82) is 0 Å². The fraction of sp³-hybridized carbons (Fsp3) is 0.667. The largest absolute Gasteiger partial charge is 0.272 e. The highest BCUT2D eigenvalue weighted by Gasteiger charge is 2.37. The Balaban J connectivity index is 2.15. The van der Waals surface area contributed by atoms with E-state index < -0.39 is 0 Å². The highest BCUT2D eigenvalue weighted by atomic mass is 16.2. The topological polar surface area (TPSA) is 37.4 Å². The van der Waals surface area contributed by atoms with Crippen LogP contribution in [-0.4, -0.2) is 22.8 Å². The monoisotopic (exact) mass is 207 g/mol. The van der Waals surface area contributed by atoms with Crippen molar-refractivity contribution in [2.45, 2.75) is 39.2 Å². The maximum absolute atomic E-state index is 11.6. The number of imide groups is 1. The molecule has 3 nitrogen and oxygen atoms in total. The van der Waals surface area contributed by atoms with Crippen molar-refractivity contribution in [2.75, 3.05) is 0 Å². The first-order chi connectivity index (χ1) is 7.09. The summed E-state index contributed by atoms with van der Waals surface area (Å²) in [4.78, 5) is 24.6.